The highest BCUT2D eigenvalue weighted by molar-refractivity contribution is 6.40. The third-order valence-electron chi connectivity index (χ3n) is 4.92. The quantitative estimate of drug-likeness (QED) is 0.355. The molecule has 3 rings (SSSR count). The number of anilines is 3. The molecule has 0 bridgehead atoms. The zero-order valence-corrected chi connectivity index (χ0v) is 18.7. The molecule has 0 aliphatic rings. The van der Waals surface area contributed by atoms with E-state index in [0.717, 1.165) is 4.90 Å². The number of Topliss-reactive ketones (excluding diaryl/α,β-unsaturated/α-hetero) is 1. The topological polar surface area (TPSA) is 136 Å². The molecule has 0 atom stereocenters. The van der Waals surface area contributed by atoms with E-state index < -0.39 is 29.7 Å². The number of hydrogen-bond acceptors (Lipinski definition) is 5. The van der Waals surface area contributed by atoms with Crippen molar-refractivity contribution in [1.82, 2.24) is 5.32 Å². The normalized spacial score (nSPS) is 10.1. The van der Waals surface area contributed by atoms with Gasteiger partial charge in [0.05, 0.1) is 0 Å². The lowest BCUT2D eigenvalue weighted by Crippen LogP contribution is -2.49. The van der Waals surface area contributed by atoms with E-state index in [1.54, 1.807) is 61.6 Å². The van der Waals surface area contributed by atoms with Gasteiger partial charge in [-0.15, -0.1) is 0 Å². The van der Waals surface area contributed by atoms with Crippen molar-refractivity contribution in [1.29, 1.82) is 0 Å². The van der Waals surface area contributed by atoms with Gasteiger partial charge in [-0.1, -0.05) is 48.5 Å². The fourth-order valence-electron chi connectivity index (χ4n) is 3.11. The number of hydrogen-bond donors (Lipinski definition) is 3. The number of nitrogens with zero attached hydrogens (tertiary/aromatic N) is 2. The Kier molecular flexibility index (Phi) is 7.91. The molecule has 3 aromatic rings. The first-order valence-electron chi connectivity index (χ1n) is 10.4. The highest BCUT2D eigenvalue weighted by Gasteiger charge is 2.23. The summed E-state index contributed by atoms with van der Waals surface area (Å²) in [5.74, 6) is -3.16. The molecule has 178 valence electrons. The number of nitrogens with one attached hydrogen (secondary N) is 2. The number of carboxylic acids is 1. The van der Waals surface area contributed by atoms with E-state index in [2.05, 4.69) is 10.6 Å². The summed E-state index contributed by atoms with van der Waals surface area (Å²) in [6.07, 6.45) is 0. The monoisotopic (exact) mass is 474 g/mol. The van der Waals surface area contributed by atoms with E-state index in [1.807, 2.05) is 6.07 Å². The Morgan fingerprint density at radius 2 is 1.40 bits per heavy atom. The molecule has 35 heavy (non-hydrogen) atoms. The second kappa shape index (κ2) is 11.2. The molecule has 0 aromatic heterocycles. The standard InChI is InChI=1S/C25H22N4O6/c1-28(19-11-4-2-5-12-19)21(30)16-29(20-13-6-3-7-14-20)25(35)27-24(34)26-18-10-8-9-17(15-18)22(31)23(32)33/h2-15H,16H2,1H3,(H,32,33)(H2,26,27,34,35). The van der Waals surface area contributed by atoms with Crippen LogP contribution in [0.2, 0.25) is 0 Å². The van der Waals surface area contributed by atoms with E-state index >= 15 is 0 Å². The minimum absolute atomic E-state index is 0.105. The fourth-order valence-corrected chi connectivity index (χ4v) is 3.11. The van der Waals surface area contributed by atoms with Crippen LogP contribution in [0.1, 0.15) is 10.4 Å². The molecular formula is C25H22N4O6. The maximum atomic E-state index is 13.0. The van der Waals surface area contributed by atoms with Gasteiger partial charge >= 0.3 is 18.0 Å². The van der Waals surface area contributed by atoms with Crippen LogP contribution in [0.4, 0.5) is 26.7 Å². The predicted octanol–water partition coefficient (Wildman–Crippen LogP) is 3.37. The van der Waals surface area contributed by atoms with Gasteiger partial charge < -0.3 is 15.3 Å². The van der Waals surface area contributed by atoms with Crippen LogP contribution < -0.4 is 20.4 Å². The average Bonchev–Trinajstić information content (AvgIpc) is 2.87. The van der Waals surface area contributed by atoms with Crippen LogP contribution in [-0.2, 0) is 9.59 Å². The number of benzene rings is 3. The number of imide groups is 1. The van der Waals surface area contributed by atoms with Gasteiger partial charge in [-0.3, -0.25) is 19.8 Å². The summed E-state index contributed by atoms with van der Waals surface area (Å²) in [4.78, 5) is 63.3. The number of amides is 5. The predicted molar refractivity (Wildman–Crippen MR) is 130 cm³/mol. The number of ketones is 1. The Hall–Kier alpha value is -4.99. The number of aliphatic carboxylic acids is 1. The van der Waals surface area contributed by atoms with Crippen LogP contribution in [0.5, 0.6) is 0 Å². The molecule has 0 saturated heterocycles. The minimum Gasteiger partial charge on any atom is -0.475 e. The highest BCUT2D eigenvalue weighted by Crippen LogP contribution is 2.17. The van der Waals surface area contributed by atoms with Crippen LogP contribution in [-0.4, -0.2) is 48.4 Å². The Bertz CT molecular complexity index is 1250. The SMILES string of the molecule is CN(C(=O)CN(C(=O)NC(=O)Nc1cccc(C(=O)C(=O)O)c1)c1ccccc1)c1ccccc1. The lowest BCUT2D eigenvalue weighted by molar-refractivity contribution is -0.131. The van der Waals surface area contributed by atoms with Crippen molar-refractivity contribution in [2.24, 2.45) is 0 Å². The van der Waals surface area contributed by atoms with Crippen molar-refractivity contribution in [2.75, 3.05) is 28.7 Å². The minimum atomic E-state index is -1.63. The Morgan fingerprint density at radius 3 is 2.00 bits per heavy atom. The van der Waals surface area contributed by atoms with Gasteiger partial charge in [-0.05, 0) is 36.4 Å². The summed E-state index contributed by atoms with van der Waals surface area (Å²) in [6.45, 7) is -0.350. The number of carbonyl (C=O) groups is 5. The van der Waals surface area contributed by atoms with Crippen molar-refractivity contribution >= 4 is 46.8 Å². The first-order chi connectivity index (χ1) is 16.8. The molecule has 3 aromatic carbocycles. The van der Waals surface area contributed by atoms with Gasteiger partial charge in [-0.2, -0.15) is 0 Å². The molecule has 0 aliphatic carbocycles. The van der Waals surface area contributed by atoms with Gasteiger partial charge in [0.25, 0.3) is 5.78 Å². The lowest BCUT2D eigenvalue weighted by Gasteiger charge is -2.25. The smallest absolute Gasteiger partial charge is 0.377 e. The molecule has 0 unspecified atom stereocenters. The van der Waals surface area contributed by atoms with Gasteiger partial charge in [0, 0.05) is 29.7 Å². The van der Waals surface area contributed by atoms with E-state index in [0.29, 0.717) is 11.4 Å². The second-order valence-corrected chi connectivity index (χ2v) is 7.31. The van der Waals surface area contributed by atoms with Crippen molar-refractivity contribution in [2.45, 2.75) is 0 Å². The third kappa shape index (κ3) is 6.51. The van der Waals surface area contributed by atoms with E-state index in [-0.39, 0.29) is 17.8 Å². The summed E-state index contributed by atoms with van der Waals surface area (Å²) in [6, 6.07) is 20.7. The molecule has 0 radical (unpaired) electrons. The fraction of sp³-hybridized carbons (Fsp3) is 0.0800. The second-order valence-electron chi connectivity index (χ2n) is 7.31. The molecular weight excluding hydrogens is 452 g/mol. The summed E-state index contributed by atoms with van der Waals surface area (Å²) in [7, 11) is 1.58. The zero-order chi connectivity index (χ0) is 25.4. The first kappa shape index (κ1) is 24.6. The molecule has 0 aliphatic heterocycles. The third-order valence-corrected chi connectivity index (χ3v) is 4.92. The van der Waals surface area contributed by atoms with E-state index in [1.165, 1.54) is 29.2 Å². The lowest BCUT2D eigenvalue weighted by atomic mass is 10.1. The number of urea groups is 2. The van der Waals surface area contributed by atoms with E-state index in [9.17, 15) is 24.0 Å². The van der Waals surface area contributed by atoms with Gasteiger partial charge in [0.2, 0.25) is 5.91 Å². The first-order valence-corrected chi connectivity index (χ1v) is 10.4. The van der Waals surface area contributed by atoms with Crippen molar-refractivity contribution in [3.63, 3.8) is 0 Å². The van der Waals surface area contributed by atoms with Crippen LogP contribution in [0.25, 0.3) is 0 Å². The Morgan fingerprint density at radius 1 is 0.800 bits per heavy atom. The van der Waals surface area contributed by atoms with Gasteiger partial charge in [0.15, 0.2) is 0 Å². The van der Waals surface area contributed by atoms with Gasteiger partial charge in [0.1, 0.15) is 6.54 Å². The molecule has 3 N–H and O–H groups in total. The van der Waals surface area contributed by atoms with Gasteiger partial charge in [-0.25, -0.2) is 14.4 Å². The number of carboxylic acid groups (broad SMARTS) is 1. The average molecular weight is 474 g/mol. The molecule has 0 spiro atoms. The Balaban J connectivity index is 1.73. The zero-order valence-electron chi connectivity index (χ0n) is 18.7. The molecule has 0 fully saturated rings. The summed E-state index contributed by atoms with van der Waals surface area (Å²) < 4.78 is 0. The number of likely N-dealkylation sites (N-methyl/N-ethyl adjacent to an activating group) is 1. The van der Waals surface area contributed by atoms with Crippen LogP contribution in [0.3, 0.4) is 0 Å². The Labute approximate surface area is 200 Å². The molecule has 0 heterocycles. The molecule has 10 nitrogen and oxygen atoms in total. The summed E-state index contributed by atoms with van der Waals surface area (Å²) >= 11 is 0. The number of rotatable bonds is 7. The van der Waals surface area contributed by atoms with Crippen LogP contribution >= 0.6 is 0 Å². The van der Waals surface area contributed by atoms with Crippen molar-refractivity contribution in [3.8, 4) is 0 Å². The van der Waals surface area contributed by atoms with Crippen LogP contribution in [0, 0.1) is 0 Å². The van der Waals surface area contributed by atoms with Crippen molar-refractivity contribution < 1.29 is 29.1 Å². The van der Waals surface area contributed by atoms with E-state index in [4.69, 9.17) is 5.11 Å². The van der Waals surface area contributed by atoms with Crippen molar-refractivity contribution in [3.05, 3.63) is 90.5 Å². The number of para-hydroxylation sites is 2. The molecule has 0 saturated carbocycles. The highest BCUT2D eigenvalue weighted by atomic mass is 16.4. The maximum Gasteiger partial charge on any atom is 0.377 e. The van der Waals surface area contributed by atoms with Crippen LogP contribution in [0.15, 0.2) is 84.9 Å². The largest absolute Gasteiger partial charge is 0.475 e. The summed E-state index contributed by atoms with van der Waals surface area (Å²) in [5, 5.41) is 13.4. The molecule has 5 amide bonds. The summed E-state index contributed by atoms with van der Waals surface area (Å²) in [5.41, 5.74) is 0.997. The number of carbonyl (C=O) groups excluding carboxylic acids is 4. The maximum absolute atomic E-state index is 13.0. The molecule has 10 heteroatoms.